The average Bonchev–Trinajstić information content (AvgIpc) is 1.15. The predicted molar refractivity (Wildman–Crippen MR) is 412 cm³/mol. The van der Waals surface area contributed by atoms with E-state index in [1.54, 1.807) is 0 Å². The lowest BCUT2D eigenvalue weighted by Crippen LogP contribution is -2.58. The van der Waals surface area contributed by atoms with E-state index in [0.29, 0.717) is 74.2 Å². The molecule has 8 aliphatic carbocycles. The number of hydrogen-bond acceptors (Lipinski definition) is 18. The highest BCUT2D eigenvalue weighted by Crippen LogP contribution is 2.60. The summed E-state index contributed by atoms with van der Waals surface area (Å²) in [6, 6.07) is 0. The van der Waals surface area contributed by atoms with Crippen molar-refractivity contribution in [2.45, 2.75) is 399 Å². The molecule has 0 saturated heterocycles. The maximum Gasteiger partial charge on any atom is 0.344 e. The summed E-state index contributed by atoms with van der Waals surface area (Å²) in [4.78, 5) is 107. The fourth-order valence-electron chi connectivity index (χ4n) is 16.5. The molecular formula is C87H152O18. The monoisotopic (exact) mass is 1490 g/mol. The molecule has 4 bridgehead atoms. The van der Waals surface area contributed by atoms with Gasteiger partial charge in [0.15, 0.2) is 19.8 Å². The van der Waals surface area contributed by atoms with E-state index < -0.39 is 51.0 Å². The first-order valence-electron chi connectivity index (χ1n) is 41.9. The van der Waals surface area contributed by atoms with Crippen LogP contribution >= 0.6 is 0 Å². The Bertz CT molecular complexity index is 2630. The van der Waals surface area contributed by atoms with Gasteiger partial charge in [-0.2, -0.15) is 0 Å². The standard InChI is InChI=1S/C19H34O4.2C18H32O4.C16H28O4.C16H26O2/c1-6-18(4,5)17(21)22-14-16(20)23-19(7-2,8-3)15-12-10-9-11-13-15;1-6-17(3,4)16(20)21-13-15(19)22-18(5,7-2)14-11-9-8-10-12-14;1-5-14(2)17(20)21-13-9-12-16(19)22-18(3,4)15-10-7-6-8-11-15;1-6-15(2,3)14(18)19-11-13(17)20-16(4,5)12-9-7-8-10-12;1-4-10(2)15(17)18-16(3)13-6-11-5-12(8-13)9-14(16)7-11/h15H,6-14H2,1-5H3;14H,6-13H2,1-5H3;14-15H,5-13H2,1-4H3;12H,6-11H2,1-5H3;10-14H,4-9H2,1-3H3. The summed E-state index contributed by atoms with van der Waals surface area (Å²) >= 11 is 0. The lowest BCUT2D eigenvalue weighted by atomic mass is 9.50. The van der Waals surface area contributed by atoms with Gasteiger partial charge in [-0.05, 0) is 272 Å². The van der Waals surface area contributed by atoms with Crippen molar-refractivity contribution in [3.05, 3.63) is 0 Å². The van der Waals surface area contributed by atoms with Crippen LogP contribution in [0.3, 0.4) is 0 Å². The Morgan fingerprint density at radius 3 is 1.07 bits per heavy atom. The molecule has 0 radical (unpaired) electrons. The Labute approximate surface area is 637 Å². The van der Waals surface area contributed by atoms with Crippen LogP contribution in [-0.4, -0.2) is 108 Å². The van der Waals surface area contributed by atoms with Crippen LogP contribution in [0.5, 0.6) is 0 Å². The molecule has 0 aromatic heterocycles. The number of esters is 9. The third kappa shape index (κ3) is 29.9. The van der Waals surface area contributed by atoms with Crippen LogP contribution in [0.15, 0.2) is 0 Å². The first-order valence-corrected chi connectivity index (χ1v) is 41.9. The topological polar surface area (TPSA) is 237 Å². The maximum absolute atomic E-state index is 12.2. The highest BCUT2D eigenvalue weighted by atomic mass is 16.6. The second-order valence-corrected chi connectivity index (χ2v) is 35.8. The number of ether oxygens (including phenoxy) is 9. The Morgan fingerprint density at radius 1 is 0.371 bits per heavy atom. The second-order valence-electron chi connectivity index (χ2n) is 35.8. The molecular weight excluding hydrogens is 1330 g/mol. The SMILES string of the molecule is CCC(C)(C)C(=O)OCC(=O)OC(C)(C)C1CCCC1.CCC(C)(C)C(=O)OCC(=O)OC(C)(CC)C1CCCCC1.CCC(C)(C)C(=O)OCC(=O)OC(CC)(CC)C1CCCCC1.CCC(C)C(=O)OC1(C)C2CC3CC(C2)CC1C3.CCC(C)C(=O)OCCCC(=O)OC(C)(C)C1CCCCC1. The molecule has 8 aliphatic rings. The summed E-state index contributed by atoms with van der Waals surface area (Å²) in [6.45, 7) is 42.3. The summed E-state index contributed by atoms with van der Waals surface area (Å²) in [5, 5.41) is 0. The van der Waals surface area contributed by atoms with Crippen molar-refractivity contribution in [2.75, 3.05) is 26.4 Å². The molecule has 0 aliphatic heterocycles. The molecule has 18 heteroatoms. The lowest BCUT2D eigenvalue weighted by Gasteiger charge is -2.59. The van der Waals surface area contributed by atoms with Gasteiger partial charge in [0.1, 0.15) is 28.0 Å². The van der Waals surface area contributed by atoms with Crippen LogP contribution in [0.1, 0.15) is 371 Å². The Morgan fingerprint density at radius 2 is 0.705 bits per heavy atom. The van der Waals surface area contributed by atoms with E-state index in [0.717, 1.165) is 95.3 Å². The fraction of sp³-hybridized carbons (Fsp3) is 0.897. The van der Waals surface area contributed by atoms with Gasteiger partial charge in [0, 0.05) is 6.42 Å². The highest BCUT2D eigenvalue weighted by Gasteiger charge is 2.57. The maximum atomic E-state index is 12.2. The van der Waals surface area contributed by atoms with E-state index in [1.807, 2.05) is 125 Å². The van der Waals surface area contributed by atoms with Gasteiger partial charge in [-0.15, -0.1) is 0 Å². The van der Waals surface area contributed by atoms with Gasteiger partial charge >= 0.3 is 53.7 Å². The minimum absolute atomic E-state index is 0.0347. The molecule has 8 saturated carbocycles. The van der Waals surface area contributed by atoms with Crippen molar-refractivity contribution in [2.24, 2.45) is 75.4 Å². The van der Waals surface area contributed by atoms with Crippen molar-refractivity contribution in [1.82, 2.24) is 0 Å². The number of carbonyl (C=O) groups excluding carboxylic acids is 9. The quantitative estimate of drug-likeness (QED) is 0.0346. The molecule has 8 fully saturated rings. The summed E-state index contributed by atoms with van der Waals surface area (Å²) in [5.74, 6) is 2.17. The van der Waals surface area contributed by atoms with E-state index in [2.05, 4.69) is 27.7 Å². The molecule has 18 nitrogen and oxygen atoms in total. The van der Waals surface area contributed by atoms with Crippen molar-refractivity contribution < 1.29 is 85.8 Å². The van der Waals surface area contributed by atoms with Gasteiger partial charge in [0.25, 0.3) is 0 Å². The molecule has 0 amide bonds. The number of hydrogen-bond donors (Lipinski definition) is 0. The zero-order valence-electron chi connectivity index (χ0n) is 70.5. The lowest BCUT2D eigenvalue weighted by molar-refractivity contribution is -0.206. The van der Waals surface area contributed by atoms with Crippen LogP contribution in [-0.2, 0) is 85.8 Å². The summed E-state index contributed by atoms with van der Waals surface area (Å²) in [5.41, 5.74) is -3.51. The molecule has 0 N–H and O–H groups in total. The van der Waals surface area contributed by atoms with Gasteiger partial charge in [0.05, 0.1) is 34.7 Å². The van der Waals surface area contributed by atoms with E-state index in [9.17, 15) is 43.2 Å². The Hall–Kier alpha value is -4.77. The number of carbonyl (C=O) groups is 9. The van der Waals surface area contributed by atoms with Gasteiger partial charge in [-0.3, -0.25) is 28.8 Å². The first-order chi connectivity index (χ1) is 49.1. The molecule has 0 spiro atoms. The number of rotatable bonds is 32. The molecule has 608 valence electrons. The highest BCUT2D eigenvalue weighted by molar-refractivity contribution is 5.81. The van der Waals surface area contributed by atoms with E-state index in [-0.39, 0.29) is 78.7 Å². The van der Waals surface area contributed by atoms with Crippen molar-refractivity contribution in [1.29, 1.82) is 0 Å². The van der Waals surface area contributed by atoms with Gasteiger partial charge < -0.3 is 42.6 Å². The van der Waals surface area contributed by atoms with Crippen LogP contribution in [0.4, 0.5) is 0 Å². The first kappa shape index (κ1) is 94.4. The Balaban J connectivity index is 0.000000341. The van der Waals surface area contributed by atoms with Crippen molar-refractivity contribution >= 4 is 53.7 Å². The van der Waals surface area contributed by atoms with Crippen LogP contribution in [0.25, 0.3) is 0 Å². The molecule has 105 heavy (non-hydrogen) atoms. The summed E-state index contributed by atoms with van der Waals surface area (Å²) in [6.07, 6.45) is 36.1. The van der Waals surface area contributed by atoms with E-state index >= 15 is 0 Å². The van der Waals surface area contributed by atoms with Gasteiger partial charge in [-0.25, -0.2) is 14.4 Å². The minimum Gasteiger partial charge on any atom is -0.465 e. The molecule has 8 rings (SSSR count). The van der Waals surface area contributed by atoms with Crippen LogP contribution in [0, 0.1) is 75.4 Å². The second kappa shape index (κ2) is 44.2. The van der Waals surface area contributed by atoms with Gasteiger partial charge in [0.2, 0.25) is 0 Å². The van der Waals surface area contributed by atoms with E-state index in [4.69, 9.17) is 42.6 Å². The Kier molecular flexibility index (Phi) is 39.7. The van der Waals surface area contributed by atoms with Gasteiger partial charge in [-0.1, -0.05) is 140 Å². The zero-order valence-corrected chi connectivity index (χ0v) is 70.5. The smallest absolute Gasteiger partial charge is 0.344 e. The van der Waals surface area contributed by atoms with E-state index in [1.165, 1.54) is 103 Å². The molecule has 0 aromatic carbocycles. The summed E-state index contributed by atoms with van der Waals surface area (Å²) in [7, 11) is 0. The zero-order chi connectivity index (χ0) is 79.2. The largest absolute Gasteiger partial charge is 0.465 e. The van der Waals surface area contributed by atoms with Crippen molar-refractivity contribution in [3.8, 4) is 0 Å². The summed E-state index contributed by atoms with van der Waals surface area (Å²) < 4.78 is 49.3. The normalized spacial score (nSPS) is 22.8. The molecule has 3 unspecified atom stereocenters. The fourth-order valence-corrected chi connectivity index (χ4v) is 16.5. The third-order valence-electron chi connectivity index (χ3n) is 26.2. The minimum atomic E-state index is -0.559. The van der Waals surface area contributed by atoms with Crippen LogP contribution in [0.2, 0.25) is 0 Å². The molecule has 0 aromatic rings. The van der Waals surface area contributed by atoms with Crippen LogP contribution < -0.4 is 0 Å². The van der Waals surface area contributed by atoms with Crippen molar-refractivity contribution in [3.63, 3.8) is 0 Å². The molecule has 0 heterocycles. The molecule has 3 atom stereocenters. The third-order valence-corrected chi connectivity index (χ3v) is 26.2. The average molecular weight is 1490 g/mol. The predicted octanol–water partition coefficient (Wildman–Crippen LogP) is 20.4.